The minimum absolute atomic E-state index is 0.0146. The lowest BCUT2D eigenvalue weighted by Gasteiger charge is -2.26. The van der Waals surface area contributed by atoms with E-state index in [1.165, 1.54) is 6.92 Å². The highest BCUT2D eigenvalue weighted by Crippen LogP contribution is 2.12. The van der Waals surface area contributed by atoms with Crippen molar-refractivity contribution in [2.45, 2.75) is 32.0 Å². The molecule has 2 amide bonds. The zero-order valence-corrected chi connectivity index (χ0v) is 14.5. The number of rotatable bonds is 7. The molecule has 0 aliphatic rings. The number of nitrogens with zero attached hydrogens (tertiary/aromatic N) is 1. The van der Waals surface area contributed by atoms with Crippen LogP contribution in [0.15, 0.2) is 60.7 Å². The second kappa shape index (κ2) is 9.48. The van der Waals surface area contributed by atoms with Crippen LogP contribution in [0, 0.1) is 0 Å². The third kappa shape index (κ3) is 5.26. The molecular weight excluding hydrogens is 332 g/mol. The first-order valence-corrected chi connectivity index (χ1v) is 8.24. The highest BCUT2D eigenvalue weighted by molar-refractivity contribution is 5.97. The number of imide groups is 1. The van der Waals surface area contributed by atoms with Crippen LogP contribution in [0.25, 0.3) is 0 Å². The summed E-state index contributed by atoms with van der Waals surface area (Å²) in [4.78, 5) is 37.2. The quantitative estimate of drug-likeness (QED) is 0.824. The summed E-state index contributed by atoms with van der Waals surface area (Å²) in [7, 11) is 0. The summed E-state index contributed by atoms with van der Waals surface area (Å²) in [6.07, 6.45) is 0.990. The lowest BCUT2D eigenvalue weighted by atomic mass is 10.1. The van der Waals surface area contributed by atoms with Crippen LogP contribution in [-0.2, 0) is 27.4 Å². The van der Waals surface area contributed by atoms with Crippen molar-refractivity contribution in [2.75, 3.05) is 0 Å². The first kappa shape index (κ1) is 19.3. The first-order valence-electron chi connectivity index (χ1n) is 8.24. The van der Waals surface area contributed by atoms with E-state index in [4.69, 9.17) is 10.5 Å². The van der Waals surface area contributed by atoms with Crippen LogP contribution in [0.3, 0.4) is 0 Å². The van der Waals surface area contributed by atoms with Crippen LogP contribution in [-0.4, -0.2) is 35.3 Å². The van der Waals surface area contributed by atoms with E-state index < -0.39 is 24.1 Å². The van der Waals surface area contributed by atoms with Gasteiger partial charge in [0.15, 0.2) is 0 Å². The summed E-state index contributed by atoms with van der Waals surface area (Å²) < 4.78 is 5.21. The van der Waals surface area contributed by atoms with Gasteiger partial charge in [0.2, 0.25) is 12.2 Å². The van der Waals surface area contributed by atoms with Crippen molar-refractivity contribution in [1.82, 2.24) is 4.90 Å². The van der Waals surface area contributed by atoms with Gasteiger partial charge in [-0.15, -0.1) is 0 Å². The van der Waals surface area contributed by atoms with E-state index >= 15 is 0 Å². The van der Waals surface area contributed by atoms with Crippen LogP contribution in [0.5, 0.6) is 0 Å². The summed E-state index contributed by atoms with van der Waals surface area (Å²) in [5.41, 5.74) is 7.20. The molecule has 26 heavy (non-hydrogen) atoms. The maximum atomic E-state index is 12.5. The number of benzene rings is 2. The number of hydrogen-bond acceptors (Lipinski definition) is 5. The molecule has 1 radical (unpaired) electrons. The van der Waals surface area contributed by atoms with Gasteiger partial charge in [0.05, 0.1) is 6.04 Å². The molecule has 6 nitrogen and oxygen atoms in total. The Morgan fingerprint density at radius 2 is 1.58 bits per heavy atom. The Morgan fingerprint density at radius 1 is 1.04 bits per heavy atom. The molecule has 2 N–H and O–H groups in total. The van der Waals surface area contributed by atoms with Gasteiger partial charge in [-0.25, -0.2) is 9.69 Å². The molecule has 0 spiro atoms. The predicted molar refractivity (Wildman–Crippen MR) is 96.7 cm³/mol. The minimum atomic E-state index is -1.11. The highest BCUT2D eigenvalue weighted by atomic mass is 16.6. The van der Waals surface area contributed by atoms with Crippen LogP contribution in [0.1, 0.15) is 18.1 Å². The fourth-order valence-corrected chi connectivity index (χ4v) is 2.40. The van der Waals surface area contributed by atoms with Gasteiger partial charge in [-0.1, -0.05) is 60.7 Å². The fraction of sp³-hybridized carbons (Fsp3) is 0.250. The average molecular weight is 353 g/mol. The number of nitrogens with two attached hydrogens (primary N) is 1. The molecule has 6 heteroatoms. The third-order valence-electron chi connectivity index (χ3n) is 3.75. The second-order valence-corrected chi connectivity index (χ2v) is 5.86. The van der Waals surface area contributed by atoms with Gasteiger partial charge in [0, 0.05) is 6.42 Å². The van der Waals surface area contributed by atoms with Crippen molar-refractivity contribution in [2.24, 2.45) is 5.73 Å². The molecule has 0 bridgehead atoms. The van der Waals surface area contributed by atoms with Gasteiger partial charge in [-0.3, -0.25) is 9.59 Å². The molecule has 0 heterocycles. The largest absolute Gasteiger partial charge is 0.444 e. The Morgan fingerprint density at radius 3 is 2.08 bits per heavy atom. The molecule has 0 saturated heterocycles. The van der Waals surface area contributed by atoms with Gasteiger partial charge in [-0.2, -0.15) is 0 Å². The number of carbonyl (C=O) groups excluding carboxylic acids is 3. The van der Waals surface area contributed by atoms with E-state index in [0.717, 1.165) is 16.0 Å². The lowest BCUT2D eigenvalue weighted by Crippen LogP contribution is -2.52. The first-order chi connectivity index (χ1) is 12.5. The van der Waals surface area contributed by atoms with Gasteiger partial charge in [0.1, 0.15) is 12.6 Å². The summed E-state index contributed by atoms with van der Waals surface area (Å²) in [6, 6.07) is 16.0. The van der Waals surface area contributed by atoms with Crippen molar-refractivity contribution in [1.29, 1.82) is 0 Å². The van der Waals surface area contributed by atoms with E-state index in [-0.39, 0.29) is 13.0 Å². The van der Waals surface area contributed by atoms with Crippen molar-refractivity contribution >= 4 is 18.3 Å². The van der Waals surface area contributed by atoms with Crippen LogP contribution < -0.4 is 5.73 Å². The van der Waals surface area contributed by atoms with E-state index in [0.29, 0.717) is 0 Å². The smallest absolute Gasteiger partial charge is 0.417 e. The van der Waals surface area contributed by atoms with Crippen LogP contribution in [0.2, 0.25) is 0 Å². The lowest BCUT2D eigenvalue weighted by molar-refractivity contribution is -0.131. The number of ether oxygens (including phenoxy) is 1. The zero-order valence-electron chi connectivity index (χ0n) is 14.5. The average Bonchev–Trinajstić information content (AvgIpc) is 2.67. The van der Waals surface area contributed by atoms with E-state index in [2.05, 4.69) is 0 Å². The van der Waals surface area contributed by atoms with Crippen molar-refractivity contribution in [3.63, 3.8) is 0 Å². The van der Waals surface area contributed by atoms with Gasteiger partial charge < -0.3 is 10.5 Å². The Kier molecular flexibility index (Phi) is 7.05. The van der Waals surface area contributed by atoms with E-state index in [9.17, 15) is 14.4 Å². The van der Waals surface area contributed by atoms with E-state index in [1.54, 1.807) is 30.6 Å². The van der Waals surface area contributed by atoms with Gasteiger partial charge in [0.25, 0.3) is 0 Å². The van der Waals surface area contributed by atoms with Crippen LogP contribution in [0.4, 0.5) is 4.79 Å². The predicted octanol–water partition coefficient (Wildman–Crippen LogP) is 2.22. The second-order valence-electron chi connectivity index (χ2n) is 5.86. The maximum Gasteiger partial charge on any atom is 0.417 e. The molecule has 0 aromatic heterocycles. The normalized spacial score (nSPS) is 12.7. The summed E-state index contributed by atoms with van der Waals surface area (Å²) >= 11 is 0. The van der Waals surface area contributed by atoms with E-state index in [1.807, 2.05) is 36.4 Å². The molecule has 2 atom stereocenters. The molecule has 0 aliphatic heterocycles. The fourth-order valence-electron chi connectivity index (χ4n) is 2.40. The van der Waals surface area contributed by atoms with Gasteiger partial charge in [-0.05, 0) is 18.1 Å². The topological polar surface area (TPSA) is 89.7 Å². The molecule has 0 fully saturated rings. The summed E-state index contributed by atoms with van der Waals surface area (Å²) in [6.45, 7) is 1.43. The monoisotopic (exact) mass is 353 g/mol. The molecule has 0 aliphatic carbocycles. The van der Waals surface area contributed by atoms with Crippen molar-refractivity contribution < 1.29 is 19.1 Å². The number of amides is 2. The standard InChI is InChI=1S/C20H21N2O4/c1-15(21)19(24)22(18(13-23)12-16-8-4-2-5-9-16)20(25)26-14-17-10-6-3-7-11-17/h2-11,15,18H,12,14,21H2,1H3/t15-,18-/m0/s1. The summed E-state index contributed by atoms with van der Waals surface area (Å²) in [5.74, 6) is -0.688. The molecule has 2 aromatic rings. The number of carbonyl (C=O) groups is 2. The number of hydrogen-bond donors (Lipinski definition) is 1. The Hall–Kier alpha value is -2.99. The van der Waals surface area contributed by atoms with Gasteiger partial charge >= 0.3 is 6.09 Å². The highest BCUT2D eigenvalue weighted by Gasteiger charge is 2.33. The molecule has 2 aromatic carbocycles. The van der Waals surface area contributed by atoms with Crippen molar-refractivity contribution in [3.8, 4) is 0 Å². The molecule has 135 valence electrons. The molecule has 2 rings (SSSR count). The zero-order chi connectivity index (χ0) is 18.9. The molecule has 0 saturated carbocycles. The Balaban J connectivity index is 2.16. The maximum absolute atomic E-state index is 12.5. The summed E-state index contributed by atoms with van der Waals surface area (Å²) in [5, 5.41) is 0. The SMILES string of the molecule is C[C@H](N)C(=O)N(C(=O)OCc1ccccc1)[C@H]([C]=O)Cc1ccccc1. The Labute approximate surface area is 152 Å². The van der Waals surface area contributed by atoms with Crippen LogP contribution >= 0.6 is 0 Å². The third-order valence-corrected chi connectivity index (χ3v) is 3.75. The Bertz CT molecular complexity index is 732. The van der Waals surface area contributed by atoms with Crippen molar-refractivity contribution in [3.05, 3.63) is 71.8 Å². The molecule has 0 unspecified atom stereocenters. The minimum Gasteiger partial charge on any atom is -0.444 e. The molecular formula is C20H21N2O4.